The van der Waals surface area contributed by atoms with Crippen molar-refractivity contribution < 1.29 is 4.74 Å². The van der Waals surface area contributed by atoms with Gasteiger partial charge < -0.3 is 19.5 Å². The van der Waals surface area contributed by atoms with Crippen LogP contribution in [-0.4, -0.2) is 49.3 Å². The van der Waals surface area contributed by atoms with E-state index in [0.29, 0.717) is 0 Å². The van der Waals surface area contributed by atoms with E-state index in [1.165, 1.54) is 6.42 Å². The minimum absolute atomic E-state index is 0. The summed E-state index contributed by atoms with van der Waals surface area (Å²) >= 11 is 6.02. The van der Waals surface area contributed by atoms with Crippen LogP contribution in [0.2, 0.25) is 5.02 Å². The maximum absolute atomic E-state index is 6.02. The Balaban J connectivity index is 0.00000484. The van der Waals surface area contributed by atoms with Crippen LogP contribution in [0, 0.1) is 0 Å². The maximum atomic E-state index is 6.02. The van der Waals surface area contributed by atoms with Crippen LogP contribution in [0.25, 0.3) is 0 Å². The van der Waals surface area contributed by atoms with Crippen molar-refractivity contribution >= 4 is 41.5 Å². The van der Waals surface area contributed by atoms with Crippen LogP contribution in [0.5, 0.6) is 0 Å². The van der Waals surface area contributed by atoms with Crippen molar-refractivity contribution in [3.8, 4) is 0 Å². The second kappa shape index (κ2) is 12.9. The van der Waals surface area contributed by atoms with Crippen LogP contribution < -0.4 is 5.32 Å². The molecule has 134 valence electrons. The summed E-state index contributed by atoms with van der Waals surface area (Å²) in [5.41, 5.74) is 1.15. The van der Waals surface area contributed by atoms with Crippen LogP contribution in [-0.2, 0) is 18.3 Å². The molecule has 5 nitrogen and oxygen atoms in total. The number of rotatable bonds is 9. The maximum Gasteiger partial charge on any atom is 0.193 e. The summed E-state index contributed by atoms with van der Waals surface area (Å²) in [6.45, 7) is 5.44. The highest BCUT2D eigenvalue weighted by Crippen LogP contribution is 2.14. The summed E-state index contributed by atoms with van der Waals surface area (Å²) in [4.78, 5) is 6.40. The van der Waals surface area contributed by atoms with Crippen molar-refractivity contribution in [3.05, 3.63) is 23.0 Å². The molecule has 1 aromatic heterocycles. The number of hydrogen-bond acceptors (Lipinski definition) is 2. The number of aryl methyl sites for hydroxylation is 1. The topological polar surface area (TPSA) is 41.8 Å². The molecule has 1 rings (SSSR count). The highest BCUT2D eigenvalue weighted by molar-refractivity contribution is 14.0. The Hall–Kier alpha value is -0.470. The van der Waals surface area contributed by atoms with Gasteiger partial charge in [0.25, 0.3) is 0 Å². The van der Waals surface area contributed by atoms with Crippen molar-refractivity contribution in [1.82, 2.24) is 14.8 Å². The Labute approximate surface area is 162 Å². The molecule has 0 saturated carbocycles. The number of unbranched alkanes of at least 4 members (excludes halogenated alkanes) is 1. The van der Waals surface area contributed by atoms with Gasteiger partial charge in [-0.3, -0.25) is 4.99 Å². The molecule has 0 radical (unpaired) electrons. The number of aliphatic imine (C=N–C) groups is 1. The molecule has 0 aliphatic rings. The first-order valence-corrected chi connectivity index (χ1v) is 8.26. The molecule has 1 aromatic rings. The summed E-state index contributed by atoms with van der Waals surface area (Å²) < 4.78 is 7.59. The fourth-order valence-corrected chi connectivity index (χ4v) is 2.42. The third-order valence-electron chi connectivity index (χ3n) is 3.44. The molecule has 7 heteroatoms. The lowest BCUT2D eigenvalue weighted by atomic mass is 10.3. The van der Waals surface area contributed by atoms with Gasteiger partial charge in [0.15, 0.2) is 5.96 Å². The molecule has 0 bridgehead atoms. The Morgan fingerprint density at radius 1 is 1.39 bits per heavy atom. The van der Waals surface area contributed by atoms with E-state index in [0.717, 1.165) is 55.8 Å². The molecule has 1 heterocycles. The van der Waals surface area contributed by atoms with Crippen LogP contribution in [0.3, 0.4) is 0 Å². The van der Waals surface area contributed by atoms with E-state index in [4.69, 9.17) is 16.3 Å². The van der Waals surface area contributed by atoms with Gasteiger partial charge in [-0.05, 0) is 18.9 Å². The summed E-state index contributed by atoms with van der Waals surface area (Å²) in [5, 5.41) is 4.12. The predicted molar refractivity (Wildman–Crippen MR) is 109 cm³/mol. The van der Waals surface area contributed by atoms with Crippen LogP contribution in [0.15, 0.2) is 17.3 Å². The number of ether oxygens (including phenoxy) is 1. The Bertz CT molecular complexity index is 465. The summed E-state index contributed by atoms with van der Waals surface area (Å²) in [5.74, 6) is 0.880. The fourth-order valence-electron chi connectivity index (χ4n) is 2.15. The predicted octanol–water partition coefficient (Wildman–Crippen LogP) is 3.51. The van der Waals surface area contributed by atoms with E-state index in [9.17, 15) is 0 Å². The first-order valence-electron chi connectivity index (χ1n) is 7.88. The molecule has 23 heavy (non-hydrogen) atoms. The van der Waals surface area contributed by atoms with Gasteiger partial charge in [0.05, 0.1) is 11.6 Å². The molecule has 0 amide bonds. The van der Waals surface area contributed by atoms with Gasteiger partial charge in [-0.2, -0.15) is 0 Å². The Kier molecular flexibility index (Phi) is 12.6. The van der Waals surface area contributed by atoms with E-state index < -0.39 is 0 Å². The molecular weight excluding hydrogens is 427 g/mol. The minimum atomic E-state index is 0. The van der Waals surface area contributed by atoms with Gasteiger partial charge in [0.2, 0.25) is 0 Å². The quantitative estimate of drug-likeness (QED) is 0.268. The van der Waals surface area contributed by atoms with Gasteiger partial charge in [0, 0.05) is 52.8 Å². The van der Waals surface area contributed by atoms with Gasteiger partial charge in [-0.1, -0.05) is 24.9 Å². The molecule has 0 aliphatic carbocycles. The molecule has 0 atom stereocenters. The smallest absolute Gasteiger partial charge is 0.193 e. The molecule has 0 aliphatic heterocycles. The van der Waals surface area contributed by atoms with Crippen molar-refractivity contribution in [2.45, 2.75) is 32.7 Å². The van der Waals surface area contributed by atoms with E-state index in [-0.39, 0.29) is 24.0 Å². The minimum Gasteiger partial charge on any atom is -0.381 e. The molecule has 0 saturated heterocycles. The summed E-state index contributed by atoms with van der Waals surface area (Å²) in [6.07, 6.45) is 5.21. The molecule has 0 unspecified atom stereocenters. The Morgan fingerprint density at radius 3 is 2.65 bits per heavy atom. The number of guanidine groups is 1. The van der Waals surface area contributed by atoms with Crippen LogP contribution >= 0.6 is 35.6 Å². The van der Waals surface area contributed by atoms with Crippen molar-refractivity contribution in [2.24, 2.45) is 12.0 Å². The van der Waals surface area contributed by atoms with Crippen LogP contribution in [0.1, 0.15) is 31.9 Å². The SMILES string of the molecule is CCCCOCCCNC(=NC)N(C)Cc1cc(Cl)cn1C.I. The van der Waals surface area contributed by atoms with Crippen molar-refractivity contribution in [3.63, 3.8) is 0 Å². The zero-order valence-corrected chi connectivity index (χ0v) is 17.7. The molecule has 0 fully saturated rings. The van der Waals surface area contributed by atoms with Crippen molar-refractivity contribution in [1.29, 1.82) is 0 Å². The summed E-state index contributed by atoms with van der Waals surface area (Å²) in [6, 6.07) is 1.98. The highest BCUT2D eigenvalue weighted by Gasteiger charge is 2.09. The first kappa shape index (κ1) is 22.5. The lowest BCUT2D eigenvalue weighted by Crippen LogP contribution is -2.39. The van der Waals surface area contributed by atoms with Gasteiger partial charge in [-0.15, -0.1) is 24.0 Å². The molecule has 1 N–H and O–H groups in total. The van der Waals surface area contributed by atoms with E-state index in [1.54, 1.807) is 7.05 Å². The van der Waals surface area contributed by atoms with Crippen molar-refractivity contribution in [2.75, 3.05) is 33.9 Å². The largest absolute Gasteiger partial charge is 0.381 e. The standard InChI is InChI=1S/C16H29ClN4O.HI/c1-5-6-9-22-10-7-8-19-16(18-2)21(4)13-15-11-14(17)12-20(15)3;/h11-12H,5-10,13H2,1-4H3,(H,18,19);1H. The van der Waals surface area contributed by atoms with Crippen LogP contribution in [0.4, 0.5) is 0 Å². The second-order valence-corrected chi connectivity index (χ2v) is 5.85. The van der Waals surface area contributed by atoms with Gasteiger partial charge >= 0.3 is 0 Å². The van der Waals surface area contributed by atoms with E-state index in [2.05, 4.69) is 22.1 Å². The zero-order valence-electron chi connectivity index (χ0n) is 14.6. The number of halogens is 2. The van der Waals surface area contributed by atoms with Gasteiger partial charge in [-0.25, -0.2) is 0 Å². The highest BCUT2D eigenvalue weighted by atomic mass is 127. The number of aromatic nitrogens is 1. The average Bonchev–Trinajstić information content (AvgIpc) is 2.79. The average molecular weight is 457 g/mol. The number of hydrogen-bond donors (Lipinski definition) is 1. The van der Waals surface area contributed by atoms with E-state index >= 15 is 0 Å². The lowest BCUT2D eigenvalue weighted by Gasteiger charge is -2.22. The zero-order chi connectivity index (χ0) is 16.4. The second-order valence-electron chi connectivity index (χ2n) is 5.41. The lowest BCUT2D eigenvalue weighted by molar-refractivity contribution is 0.129. The fraction of sp³-hybridized carbons (Fsp3) is 0.688. The van der Waals surface area contributed by atoms with Gasteiger partial charge in [0.1, 0.15) is 0 Å². The first-order chi connectivity index (χ1) is 10.6. The normalized spacial score (nSPS) is 11.3. The third kappa shape index (κ3) is 8.81. The molecule has 0 spiro atoms. The third-order valence-corrected chi connectivity index (χ3v) is 3.64. The number of nitrogens with one attached hydrogen (secondary N) is 1. The molecular formula is C16H30ClIN4O. The summed E-state index contributed by atoms with van der Waals surface area (Å²) in [7, 11) is 5.82. The molecule has 0 aromatic carbocycles. The monoisotopic (exact) mass is 456 g/mol. The number of nitrogens with zero attached hydrogens (tertiary/aromatic N) is 3. The Morgan fingerprint density at radius 2 is 2.09 bits per heavy atom. The van der Waals surface area contributed by atoms with E-state index in [1.807, 2.05) is 30.9 Å².